The highest BCUT2D eigenvalue weighted by atomic mass is 16.1. The third-order valence-corrected chi connectivity index (χ3v) is 4.16. The molecule has 0 bridgehead atoms. The largest absolute Gasteiger partial charge is 0.347 e. The highest BCUT2D eigenvalue weighted by molar-refractivity contribution is 5.92. The smallest absolute Gasteiger partial charge is 0.270 e. The molecule has 1 N–H and O–H groups in total. The van der Waals surface area contributed by atoms with E-state index in [1.54, 1.807) is 18.5 Å². The number of pyridine rings is 1. The van der Waals surface area contributed by atoms with Gasteiger partial charge in [-0.2, -0.15) is 0 Å². The summed E-state index contributed by atoms with van der Waals surface area (Å²) in [6.45, 7) is 5.80. The third kappa shape index (κ3) is 5.10. The maximum Gasteiger partial charge on any atom is 0.270 e. The number of amides is 1. The minimum atomic E-state index is -0.214. The van der Waals surface area contributed by atoms with E-state index in [0.717, 1.165) is 17.8 Å². The number of anilines is 1. The molecule has 0 saturated carbocycles. The molecule has 3 aromatic rings. The van der Waals surface area contributed by atoms with Gasteiger partial charge in [-0.15, -0.1) is 0 Å². The van der Waals surface area contributed by atoms with Crippen LogP contribution >= 0.6 is 0 Å². The molecule has 1 amide bonds. The Morgan fingerprint density at radius 1 is 1.04 bits per heavy atom. The molecule has 0 atom stereocenters. The minimum Gasteiger partial charge on any atom is -0.347 e. The SMILES string of the molecule is CCN(Cc1ccccc1)c1nc(C)cc(C(=O)NCc2ccncc2)n1. The molecule has 6 heteroatoms. The van der Waals surface area contributed by atoms with Crippen molar-refractivity contribution in [2.24, 2.45) is 0 Å². The molecule has 0 radical (unpaired) electrons. The number of nitrogens with one attached hydrogen (secondary N) is 1. The van der Waals surface area contributed by atoms with Gasteiger partial charge in [-0.25, -0.2) is 9.97 Å². The van der Waals surface area contributed by atoms with E-state index in [1.807, 2.05) is 37.3 Å². The quantitative estimate of drug-likeness (QED) is 0.700. The van der Waals surface area contributed by atoms with E-state index < -0.39 is 0 Å². The maximum atomic E-state index is 12.6. The number of carbonyl (C=O) groups is 1. The van der Waals surface area contributed by atoms with Crippen molar-refractivity contribution >= 4 is 11.9 Å². The van der Waals surface area contributed by atoms with Crippen LogP contribution in [0, 0.1) is 6.92 Å². The van der Waals surface area contributed by atoms with Crippen LogP contribution < -0.4 is 10.2 Å². The Kier molecular flexibility index (Phi) is 6.10. The Labute approximate surface area is 159 Å². The molecule has 0 aliphatic heterocycles. The first-order valence-corrected chi connectivity index (χ1v) is 8.97. The zero-order valence-electron chi connectivity index (χ0n) is 15.6. The molecule has 0 aliphatic rings. The van der Waals surface area contributed by atoms with Gasteiger partial charge in [0.25, 0.3) is 5.91 Å². The topological polar surface area (TPSA) is 71.0 Å². The first kappa shape index (κ1) is 18.5. The van der Waals surface area contributed by atoms with Crippen LogP contribution in [-0.2, 0) is 13.1 Å². The average molecular weight is 361 g/mol. The molecule has 1 aromatic carbocycles. The van der Waals surface area contributed by atoms with Gasteiger partial charge in [0, 0.05) is 37.7 Å². The van der Waals surface area contributed by atoms with Crippen molar-refractivity contribution < 1.29 is 4.79 Å². The zero-order chi connectivity index (χ0) is 19.1. The van der Waals surface area contributed by atoms with Gasteiger partial charge < -0.3 is 10.2 Å². The van der Waals surface area contributed by atoms with Crippen LogP contribution in [0.15, 0.2) is 60.9 Å². The maximum absolute atomic E-state index is 12.6. The van der Waals surface area contributed by atoms with Crippen molar-refractivity contribution in [3.63, 3.8) is 0 Å². The summed E-state index contributed by atoms with van der Waals surface area (Å²) in [7, 11) is 0. The first-order valence-electron chi connectivity index (χ1n) is 8.97. The summed E-state index contributed by atoms with van der Waals surface area (Å²) in [5.41, 5.74) is 3.30. The van der Waals surface area contributed by atoms with Crippen LogP contribution in [0.25, 0.3) is 0 Å². The summed E-state index contributed by atoms with van der Waals surface area (Å²) in [5.74, 6) is 0.352. The Hall–Kier alpha value is -3.28. The number of hydrogen-bond acceptors (Lipinski definition) is 5. The van der Waals surface area contributed by atoms with Gasteiger partial charge in [-0.05, 0) is 43.2 Å². The molecule has 6 nitrogen and oxygen atoms in total. The van der Waals surface area contributed by atoms with Gasteiger partial charge in [-0.1, -0.05) is 30.3 Å². The van der Waals surface area contributed by atoms with Crippen LogP contribution in [0.4, 0.5) is 5.95 Å². The number of aryl methyl sites for hydroxylation is 1. The van der Waals surface area contributed by atoms with Gasteiger partial charge in [0.15, 0.2) is 0 Å². The van der Waals surface area contributed by atoms with E-state index in [1.165, 1.54) is 5.56 Å². The number of carbonyl (C=O) groups excluding carboxylic acids is 1. The minimum absolute atomic E-state index is 0.214. The molecule has 0 saturated heterocycles. The van der Waals surface area contributed by atoms with E-state index in [0.29, 0.717) is 24.7 Å². The van der Waals surface area contributed by atoms with Gasteiger partial charge in [0.2, 0.25) is 5.95 Å². The standard InChI is InChI=1S/C21H23N5O/c1-3-26(15-18-7-5-4-6-8-18)21-24-16(2)13-19(25-21)20(27)23-14-17-9-11-22-12-10-17/h4-13H,3,14-15H2,1-2H3,(H,23,27). The lowest BCUT2D eigenvalue weighted by Gasteiger charge is -2.21. The normalized spacial score (nSPS) is 10.4. The highest BCUT2D eigenvalue weighted by Crippen LogP contribution is 2.14. The summed E-state index contributed by atoms with van der Waals surface area (Å²) in [6, 6.07) is 15.6. The third-order valence-electron chi connectivity index (χ3n) is 4.16. The summed E-state index contributed by atoms with van der Waals surface area (Å²) < 4.78 is 0. The van der Waals surface area contributed by atoms with Crippen LogP contribution in [0.5, 0.6) is 0 Å². The van der Waals surface area contributed by atoms with Crippen molar-refractivity contribution in [2.45, 2.75) is 26.9 Å². The fraction of sp³-hybridized carbons (Fsp3) is 0.238. The van der Waals surface area contributed by atoms with E-state index >= 15 is 0 Å². The molecule has 138 valence electrons. The van der Waals surface area contributed by atoms with Crippen LogP contribution in [0.2, 0.25) is 0 Å². The van der Waals surface area contributed by atoms with E-state index in [4.69, 9.17) is 0 Å². The van der Waals surface area contributed by atoms with E-state index in [-0.39, 0.29) is 5.91 Å². The van der Waals surface area contributed by atoms with Gasteiger partial charge in [-0.3, -0.25) is 9.78 Å². The summed E-state index contributed by atoms with van der Waals surface area (Å²) in [5, 5.41) is 2.90. The number of nitrogens with zero attached hydrogens (tertiary/aromatic N) is 4. The van der Waals surface area contributed by atoms with Gasteiger partial charge >= 0.3 is 0 Å². The lowest BCUT2D eigenvalue weighted by atomic mass is 10.2. The Balaban J connectivity index is 1.75. The summed E-state index contributed by atoms with van der Waals surface area (Å²) >= 11 is 0. The lowest BCUT2D eigenvalue weighted by molar-refractivity contribution is 0.0945. The number of rotatable bonds is 7. The second-order valence-corrected chi connectivity index (χ2v) is 6.23. The highest BCUT2D eigenvalue weighted by Gasteiger charge is 2.14. The number of benzene rings is 1. The average Bonchev–Trinajstić information content (AvgIpc) is 2.71. The van der Waals surface area contributed by atoms with Crippen molar-refractivity contribution in [2.75, 3.05) is 11.4 Å². The van der Waals surface area contributed by atoms with Crippen molar-refractivity contribution in [1.29, 1.82) is 0 Å². The van der Waals surface area contributed by atoms with E-state index in [9.17, 15) is 4.79 Å². The van der Waals surface area contributed by atoms with Gasteiger partial charge in [0.05, 0.1) is 0 Å². The molecular weight excluding hydrogens is 338 g/mol. The molecule has 0 fully saturated rings. The fourth-order valence-corrected chi connectivity index (χ4v) is 2.71. The predicted octanol–water partition coefficient (Wildman–Crippen LogP) is 3.14. The van der Waals surface area contributed by atoms with Gasteiger partial charge in [0.1, 0.15) is 5.69 Å². The molecule has 2 heterocycles. The molecule has 27 heavy (non-hydrogen) atoms. The summed E-state index contributed by atoms with van der Waals surface area (Å²) in [6.07, 6.45) is 3.41. The lowest BCUT2D eigenvalue weighted by Crippen LogP contribution is -2.28. The van der Waals surface area contributed by atoms with E-state index in [2.05, 4.69) is 44.2 Å². The Bertz CT molecular complexity index is 884. The zero-order valence-corrected chi connectivity index (χ0v) is 15.6. The Morgan fingerprint density at radius 3 is 2.48 bits per heavy atom. The molecule has 2 aromatic heterocycles. The second-order valence-electron chi connectivity index (χ2n) is 6.23. The second kappa shape index (κ2) is 8.89. The van der Waals surface area contributed by atoms with Crippen LogP contribution in [0.3, 0.4) is 0 Å². The first-order chi connectivity index (χ1) is 13.2. The van der Waals surface area contributed by atoms with Crippen molar-refractivity contribution in [1.82, 2.24) is 20.3 Å². The summed E-state index contributed by atoms with van der Waals surface area (Å²) in [4.78, 5) is 27.6. The van der Waals surface area contributed by atoms with Crippen LogP contribution in [0.1, 0.15) is 34.2 Å². The number of aromatic nitrogens is 3. The fourth-order valence-electron chi connectivity index (χ4n) is 2.71. The molecule has 3 rings (SSSR count). The Morgan fingerprint density at radius 2 is 1.78 bits per heavy atom. The molecule has 0 aliphatic carbocycles. The molecule has 0 unspecified atom stereocenters. The van der Waals surface area contributed by atoms with Crippen molar-refractivity contribution in [3.8, 4) is 0 Å². The monoisotopic (exact) mass is 361 g/mol. The predicted molar refractivity (Wildman–Crippen MR) is 105 cm³/mol. The number of hydrogen-bond donors (Lipinski definition) is 1. The van der Waals surface area contributed by atoms with Crippen molar-refractivity contribution in [3.05, 3.63) is 83.4 Å². The van der Waals surface area contributed by atoms with Crippen LogP contribution in [-0.4, -0.2) is 27.4 Å². The molecular formula is C21H23N5O. The molecule has 0 spiro atoms.